The highest BCUT2D eigenvalue weighted by molar-refractivity contribution is 6.04. The third kappa shape index (κ3) is 4.99. The van der Waals surface area contributed by atoms with Gasteiger partial charge in [-0.15, -0.1) is 0 Å². The van der Waals surface area contributed by atoms with Crippen molar-refractivity contribution in [3.63, 3.8) is 0 Å². The van der Waals surface area contributed by atoms with Crippen LogP contribution in [0.1, 0.15) is 42.5 Å². The number of methoxy groups -OCH3 is 1. The van der Waals surface area contributed by atoms with Gasteiger partial charge in [-0.1, -0.05) is 19.3 Å². The van der Waals surface area contributed by atoms with Crippen LogP contribution in [0, 0.1) is 0 Å². The normalized spacial score (nSPS) is 14.6. The molecule has 144 valence electrons. The Morgan fingerprint density at radius 3 is 2.78 bits per heavy atom. The molecule has 0 radical (unpaired) electrons. The van der Waals surface area contributed by atoms with E-state index in [1.165, 1.54) is 24.4 Å². The fourth-order valence-electron chi connectivity index (χ4n) is 3.25. The average Bonchev–Trinajstić information content (AvgIpc) is 3.11. The second kappa shape index (κ2) is 8.57. The zero-order valence-electron chi connectivity index (χ0n) is 15.4. The van der Waals surface area contributed by atoms with Crippen molar-refractivity contribution in [2.75, 3.05) is 18.2 Å². The molecule has 0 spiro atoms. The van der Waals surface area contributed by atoms with Crippen LogP contribution in [-0.2, 0) is 11.3 Å². The van der Waals surface area contributed by atoms with Gasteiger partial charge in [-0.25, -0.2) is 0 Å². The van der Waals surface area contributed by atoms with E-state index in [4.69, 9.17) is 10.5 Å². The number of nitrogens with two attached hydrogens (primary N) is 1. The van der Waals surface area contributed by atoms with Gasteiger partial charge in [-0.3, -0.25) is 14.3 Å². The first-order chi connectivity index (χ1) is 13.0. The van der Waals surface area contributed by atoms with Crippen LogP contribution in [0.3, 0.4) is 0 Å². The Morgan fingerprint density at radius 1 is 1.30 bits per heavy atom. The monoisotopic (exact) mass is 371 g/mol. The van der Waals surface area contributed by atoms with Crippen molar-refractivity contribution >= 4 is 23.2 Å². The number of hydrogen-bond donors (Lipinski definition) is 3. The Labute approximate surface area is 158 Å². The maximum Gasteiger partial charge on any atom is 0.258 e. The maximum atomic E-state index is 12.4. The van der Waals surface area contributed by atoms with E-state index in [0.29, 0.717) is 22.7 Å². The van der Waals surface area contributed by atoms with Crippen LogP contribution in [0.25, 0.3) is 0 Å². The lowest BCUT2D eigenvalue weighted by Crippen LogP contribution is -2.38. The van der Waals surface area contributed by atoms with Gasteiger partial charge in [-0.05, 0) is 31.0 Å². The topological polar surface area (TPSA) is 111 Å². The van der Waals surface area contributed by atoms with E-state index in [9.17, 15) is 9.59 Å². The summed E-state index contributed by atoms with van der Waals surface area (Å²) in [7, 11) is 1.53. The van der Waals surface area contributed by atoms with Gasteiger partial charge in [0, 0.05) is 17.9 Å². The van der Waals surface area contributed by atoms with E-state index in [0.717, 1.165) is 25.7 Å². The number of nitrogens with zero attached hydrogens (tertiary/aromatic N) is 2. The number of nitrogens with one attached hydrogen (secondary N) is 2. The molecule has 1 saturated carbocycles. The minimum absolute atomic E-state index is 0.0834. The molecule has 2 aromatic rings. The fraction of sp³-hybridized carbons (Fsp3) is 0.421. The summed E-state index contributed by atoms with van der Waals surface area (Å²) in [6, 6.07) is 5.27. The van der Waals surface area contributed by atoms with Crippen molar-refractivity contribution in [1.82, 2.24) is 15.1 Å². The molecule has 1 aliphatic rings. The van der Waals surface area contributed by atoms with Crippen LogP contribution in [0.2, 0.25) is 0 Å². The number of anilines is 2. The lowest BCUT2D eigenvalue weighted by Gasteiger charge is -2.22. The smallest absolute Gasteiger partial charge is 0.258 e. The number of nitrogen functional groups attached to an aromatic ring is 1. The van der Waals surface area contributed by atoms with E-state index in [2.05, 4.69) is 15.7 Å². The quantitative estimate of drug-likeness (QED) is 0.674. The number of aromatic nitrogens is 2. The van der Waals surface area contributed by atoms with Crippen LogP contribution in [-0.4, -0.2) is 34.7 Å². The lowest BCUT2D eigenvalue weighted by molar-refractivity contribution is -0.122. The minimum Gasteiger partial charge on any atom is -0.495 e. The molecule has 4 N–H and O–H groups in total. The molecule has 8 heteroatoms. The summed E-state index contributed by atoms with van der Waals surface area (Å²) in [5, 5.41) is 9.90. The number of rotatable bonds is 6. The summed E-state index contributed by atoms with van der Waals surface area (Å²) in [6.07, 6.45) is 8.62. The standard InChI is InChI=1S/C19H25N5O3/c1-27-17-8-7-15(9-16(17)20)23-19(26)13-10-21-24(11-13)12-18(25)22-14-5-3-2-4-6-14/h7-11,14H,2-6,12,20H2,1H3,(H,22,25)(H,23,26). The van der Waals surface area contributed by atoms with Gasteiger partial charge >= 0.3 is 0 Å². The van der Waals surface area contributed by atoms with Gasteiger partial charge < -0.3 is 21.1 Å². The highest BCUT2D eigenvalue weighted by atomic mass is 16.5. The van der Waals surface area contributed by atoms with Crippen molar-refractivity contribution in [2.45, 2.75) is 44.7 Å². The van der Waals surface area contributed by atoms with Crippen LogP contribution in [0.15, 0.2) is 30.6 Å². The van der Waals surface area contributed by atoms with E-state index >= 15 is 0 Å². The lowest BCUT2D eigenvalue weighted by atomic mass is 9.95. The van der Waals surface area contributed by atoms with Crippen LogP contribution < -0.4 is 21.1 Å². The van der Waals surface area contributed by atoms with Crippen molar-refractivity contribution in [1.29, 1.82) is 0 Å². The maximum absolute atomic E-state index is 12.4. The van der Waals surface area contributed by atoms with Crippen LogP contribution >= 0.6 is 0 Å². The van der Waals surface area contributed by atoms with Gasteiger partial charge in [0.25, 0.3) is 5.91 Å². The zero-order valence-corrected chi connectivity index (χ0v) is 15.4. The molecule has 1 aromatic carbocycles. The highest BCUT2D eigenvalue weighted by Crippen LogP contribution is 2.24. The summed E-state index contributed by atoms with van der Waals surface area (Å²) in [4.78, 5) is 24.5. The average molecular weight is 371 g/mol. The first-order valence-electron chi connectivity index (χ1n) is 9.12. The molecule has 1 aromatic heterocycles. The first kappa shape index (κ1) is 18.8. The predicted octanol–water partition coefficient (Wildman–Crippen LogP) is 2.18. The second-order valence-corrected chi connectivity index (χ2v) is 6.74. The first-order valence-corrected chi connectivity index (χ1v) is 9.12. The Morgan fingerprint density at radius 2 is 2.07 bits per heavy atom. The molecule has 8 nitrogen and oxygen atoms in total. The van der Waals surface area contributed by atoms with E-state index in [-0.39, 0.29) is 24.4 Å². The van der Waals surface area contributed by atoms with Crippen LogP contribution in [0.4, 0.5) is 11.4 Å². The van der Waals surface area contributed by atoms with Gasteiger partial charge in [0.15, 0.2) is 0 Å². The summed E-state index contributed by atoms with van der Waals surface area (Å²) in [5.74, 6) is 0.142. The Bertz CT molecular complexity index is 811. The van der Waals surface area contributed by atoms with Gasteiger partial charge in [-0.2, -0.15) is 5.10 Å². The SMILES string of the molecule is COc1ccc(NC(=O)c2cnn(CC(=O)NC3CCCCC3)c2)cc1N. The van der Waals surface area contributed by atoms with Crippen molar-refractivity contribution in [3.8, 4) is 5.75 Å². The number of amides is 2. The Kier molecular flexibility index (Phi) is 5.95. The summed E-state index contributed by atoms with van der Waals surface area (Å²) in [5.41, 5.74) is 7.21. The molecule has 27 heavy (non-hydrogen) atoms. The van der Waals surface area contributed by atoms with Gasteiger partial charge in [0.2, 0.25) is 5.91 Å². The number of hydrogen-bond acceptors (Lipinski definition) is 5. The molecule has 0 aliphatic heterocycles. The highest BCUT2D eigenvalue weighted by Gasteiger charge is 2.17. The summed E-state index contributed by atoms with van der Waals surface area (Å²) >= 11 is 0. The van der Waals surface area contributed by atoms with Crippen molar-refractivity contribution < 1.29 is 14.3 Å². The molecule has 0 bridgehead atoms. The molecule has 1 heterocycles. The number of carbonyl (C=O) groups excluding carboxylic acids is 2. The van der Waals surface area contributed by atoms with Gasteiger partial charge in [0.05, 0.1) is 24.6 Å². The number of carbonyl (C=O) groups is 2. The van der Waals surface area contributed by atoms with E-state index in [1.54, 1.807) is 24.4 Å². The molecule has 0 saturated heterocycles. The second-order valence-electron chi connectivity index (χ2n) is 6.74. The minimum atomic E-state index is -0.321. The third-order valence-electron chi connectivity index (χ3n) is 4.66. The molecule has 0 unspecified atom stereocenters. The molecule has 2 amide bonds. The van der Waals surface area contributed by atoms with E-state index < -0.39 is 0 Å². The molecular formula is C19H25N5O3. The van der Waals surface area contributed by atoms with Crippen molar-refractivity contribution in [3.05, 3.63) is 36.2 Å². The Hall–Kier alpha value is -3.03. The molecule has 0 atom stereocenters. The molecule has 1 aliphatic carbocycles. The largest absolute Gasteiger partial charge is 0.495 e. The Balaban J connectivity index is 1.55. The van der Waals surface area contributed by atoms with Gasteiger partial charge in [0.1, 0.15) is 12.3 Å². The zero-order chi connectivity index (χ0) is 19.2. The predicted molar refractivity (Wildman–Crippen MR) is 103 cm³/mol. The van der Waals surface area contributed by atoms with E-state index in [1.807, 2.05) is 0 Å². The molecule has 3 rings (SSSR count). The fourth-order valence-corrected chi connectivity index (χ4v) is 3.25. The number of benzene rings is 1. The summed E-state index contributed by atoms with van der Waals surface area (Å²) < 4.78 is 6.56. The molecular weight excluding hydrogens is 346 g/mol. The number of ether oxygens (including phenoxy) is 1. The summed E-state index contributed by atoms with van der Waals surface area (Å²) in [6.45, 7) is 0.0965. The van der Waals surface area contributed by atoms with Crippen molar-refractivity contribution in [2.24, 2.45) is 0 Å². The third-order valence-corrected chi connectivity index (χ3v) is 4.66. The molecule has 1 fully saturated rings. The van der Waals surface area contributed by atoms with Crippen LogP contribution in [0.5, 0.6) is 5.75 Å².